The number of aryl methyl sites for hydroxylation is 1. The SMILES string of the molecule is COc1ccc(S(=O)(=O)NC(Cc2ccccc2)C(=O)N2CCN(c3cccc(C(F)(F)F)c3)CC2)cc1C. The molecule has 4 rings (SSSR count). The molecule has 1 saturated heterocycles. The Labute approximate surface area is 226 Å². The number of nitrogens with one attached hydrogen (secondary N) is 1. The summed E-state index contributed by atoms with van der Waals surface area (Å²) >= 11 is 0. The Morgan fingerprint density at radius 1 is 0.974 bits per heavy atom. The zero-order valence-electron chi connectivity index (χ0n) is 21.6. The number of carbonyl (C=O) groups excluding carboxylic acids is 1. The van der Waals surface area contributed by atoms with E-state index >= 15 is 0 Å². The number of halogens is 3. The van der Waals surface area contributed by atoms with Crippen LogP contribution in [0, 0.1) is 6.92 Å². The van der Waals surface area contributed by atoms with E-state index < -0.39 is 33.7 Å². The summed E-state index contributed by atoms with van der Waals surface area (Å²) in [6, 6.07) is 17.6. The van der Waals surface area contributed by atoms with E-state index in [2.05, 4.69) is 4.72 Å². The van der Waals surface area contributed by atoms with Gasteiger partial charge in [0.15, 0.2) is 0 Å². The van der Waals surface area contributed by atoms with Crippen molar-refractivity contribution in [2.45, 2.75) is 30.5 Å². The third-order valence-corrected chi connectivity index (χ3v) is 8.15. The van der Waals surface area contributed by atoms with E-state index in [1.54, 1.807) is 28.9 Å². The maximum atomic E-state index is 13.6. The molecule has 0 aliphatic carbocycles. The number of methoxy groups -OCH3 is 1. The number of nitrogens with zero attached hydrogens (tertiary/aromatic N) is 2. The fourth-order valence-electron chi connectivity index (χ4n) is 4.59. The summed E-state index contributed by atoms with van der Waals surface area (Å²) in [5.41, 5.74) is 1.11. The van der Waals surface area contributed by atoms with Crippen LogP contribution in [-0.2, 0) is 27.4 Å². The molecule has 1 unspecified atom stereocenters. The van der Waals surface area contributed by atoms with E-state index in [9.17, 15) is 26.4 Å². The molecule has 1 fully saturated rings. The number of hydrogen-bond acceptors (Lipinski definition) is 5. The largest absolute Gasteiger partial charge is 0.496 e. The molecule has 1 aliphatic heterocycles. The van der Waals surface area contributed by atoms with E-state index in [0.717, 1.165) is 17.7 Å². The van der Waals surface area contributed by atoms with Gasteiger partial charge in [-0.25, -0.2) is 8.42 Å². The molecule has 0 aromatic heterocycles. The first-order chi connectivity index (χ1) is 18.5. The first kappa shape index (κ1) is 28.4. The Morgan fingerprint density at radius 2 is 1.67 bits per heavy atom. The standard InChI is InChI=1S/C28H30F3N3O4S/c1-20-17-24(11-12-26(20)38-2)39(36,37)32-25(18-21-7-4-3-5-8-21)27(35)34-15-13-33(14-16-34)23-10-6-9-22(19-23)28(29,30)31/h3-12,17,19,25,32H,13-16,18H2,1-2H3. The highest BCUT2D eigenvalue weighted by molar-refractivity contribution is 7.89. The number of benzene rings is 3. The Bertz CT molecular complexity index is 1410. The van der Waals surface area contributed by atoms with Gasteiger partial charge in [0, 0.05) is 31.9 Å². The van der Waals surface area contributed by atoms with Crippen molar-refractivity contribution in [3.63, 3.8) is 0 Å². The maximum absolute atomic E-state index is 13.6. The highest BCUT2D eigenvalue weighted by Gasteiger charge is 2.33. The van der Waals surface area contributed by atoms with Crippen LogP contribution >= 0.6 is 0 Å². The fraction of sp³-hybridized carbons (Fsp3) is 0.321. The van der Waals surface area contributed by atoms with Crippen LogP contribution in [0.4, 0.5) is 18.9 Å². The third-order valence-electron chi connectivity index (χ3n) is 6.68. The second-order valence-corrected chi connectivity index (χ2v) is 11.1. The van der Waals surface area contributed by atoms with Crippen LogP contribution in [0.5, 0.6) is 5.75 Å². The van der Waals surface area contributed by atoms with Crippen LogP contribution in [0.2, 0.25) is 0 Å². The molecule has 1 heterocycles. The second-order valence-electron chi connectivity index (χ2n) is 9.36. The third kappa shape index (κ3) is 6.90. The van der Waals surface area contributed by atoms with Crippen molar-refractivity contribution in [1.82, 2.24) is 9.62 Å². The van der Waals surface area contributed by atoms with Gasteiger partial charge >= 0.3 is 6.18 Å². The number of hydrogen-bond donors (Lipinski definition) is 1. The number of rotatable bonds is 8. The minimum Gasteiger partial charge on any atom is -0.496 e. The van der Waals surface area contributed by atoms with E-state index in [-0.39, 0.29) is 24.4 Å². The molecule has 3 aromatic rings. The van der Waals surface area contributed by atoms with E-state index in [0.29, 0.717) is 30.1 Å². The van der Waals surface area contributed by atoms with Crippen molar-refractivity contribution in [2.75, 3.05) is 38.2 Å². The molecule has 0 bridgehead atoms. The predicted octanol–water partition coefficient (Wildman–Crippen LogP) is 4.26. The van der Waals surface area contributed by atoms with Gasteiger partial charge < -0.3 is 14.5 Å². The van der Waals surface area contributed by atoms with Gasteiger partial charge in [0.1, 0.15) is 11.8 Å². The summed E-state index contributed by atoms with van der Waals surface area (Å²) in [6.45, 7) is 2.84. The van der Waals surface area contributed by atoms with Crippen molar-refractivity contribution in [2.24, 2.45) is 0 Å². The summed E-state index contributed by atoms with van der Waals surface area (Å²) < 4.78 is 73.9. The normalized spacial score (nSPS) is 15.2. The Morgan fingerprint density at radius 3 is 2.28 bits per heavy atom. The van der Waals surface area contributed by atoms with Gasteiger partial charge in [0.2, 0.25) is 15.9 Å². The minimum absolute atomic E-state index is 0.0148. The Balaban J connectivity index is 1.51. The molecule has 1 aliphatic rings. The van der Waals surface area contributed by atoms with Crippen molar-refractivity contribution >= 4 is 21.6 Å². The summed E-state index contributed by atoms with van der Waals surface area (Å²) in [4.78, 5) is 17.0. The number of amides is 1. The topological polar surface area (TPSA) is 78.9 Å². The predicted molar refractivity (Wildman–Crippen MR) is 142 cm³/mol. The number of piperazine rings is 1. The number of ether oxygens (including phenoxy) is 1. The first-order valence-electron chi connectivity index (χ1n) is 12.4. The van der Waals surface area contributed by atoms with Gasteiger partial charge in [-0.05, 0) is 60.9 Å². The van der Waals surface area contributed by atoms with Crippen LogP contribution in [0.1, 0.15) is 16.7 Å². The van der Waals surface area contributed by atoms with Crippen LogP contribution in [0.25, 0.3) is 0 Å². The lowest BCUT2D eigenvalue weighted by molar-refractivity contribution is -0.137. The summed E-state index contributed by atoms with van der Waals surface area (Å²) in [5, 5.41) is 0. The minimum atomic E-state index is -4.45. The molecular formula is C28H30F3N3O4S. The van der Waals surface area contributed by atoms with Crippen molar-refractivity contribution in [3.05, 3.63) is 89.5 Å². The molecule has 0 radical (unpaired) electrons. The van der Waals surface area contributed by atoms with Gasteiger partial charge in [-0.15, -0.1) is 0 Å². The van der Waals surface area contributed by atoms with Crippen LogP contribution in [0.3, 0.4) is 0 Å². The lowest BCUT2D eigenvalue weighted by Crippen LogP contribution is -2.55. The molecule has 0 saturated carbocycles. The average Bonchev–Trinajstić information content (AvgIpc) is 2.92. The highest BCUT2D eigenvalue weighted by Crippen LogP contribution is 2.32. The second kappa shape index (κ2) is 11.7. The van der Waals surface area contributed by atoms with Gasteiger partial charge in [-0.3, -0.25) is 4.79 Å². The van der Waals surface area contributed by atoms with Crippen molar-refractivity contribution in [3.8, 4) is 5.75 Å². The molecule has 1 atom stereocenters. The molecule has 7 nitrogen and oxygen atoms in total. The maximum Gasteiger partial charge on any atom is 0.416 e. The van der Waals surface area contributed by atoms with E-state index in [1.165, 1.54) is 25.3 Å². The number of alkyl halides is 3. The van der Waals surface area contributed by atoms with Gasteiger partial charge in [0.25, 0.3) is 0 Å². The average molecular weight is 562 g/mol. The monoisotopic (exact) mass is 561 g/mol. The molecule has 1 amide bonds. The molecular weight excluding hydrogens is 531 g/mol. The van der Waals surface area contributed by atoms with Crippen molar-refractivity contribution in [1.29, 1.82) is 0 Å². The van der Waals surface area contributed by atoms with Crippen molar-refractivity contribution < 1.29 is 31.1 Å². The Kier molecular flexibility index (Phi) is 8.51. The number of carbonyl (C=O) groups is 1. The van der Waals surface area contributed by atoms with Gasteiger partial charge in [-0.2, -0.15) is 17.9 Å². The quantitative estimate of drug-likeness (QED) is 0.445. The lowest BCUT2D eigenvalue weighted by Gasteiger charge is -2.38. The molecule has 39 heavy (non-hydrogen) atoms. The number of sulfonamides is 1. The van der Waals surface area contributed by atoms with Gasteiger partial charge in [0.05, 0.1) is 17.6 Å². The zero-order valence-corrected chi connectivity index (χ0v) is 22.4. The molecule has 0 spiro atoms. The highest BCUT2D eigenvalue weighted by atomic mass is 32.2. The Hall–Kier alpha value is -3.57. The summed E-state index contributed by atoms with van der Waals surface area (Å²) in [5.74, 6) is 0.154. The molecule has 3 aromatic carbocycles. The zero-order chi connectivity index (χ0) is 28.2. The summed E-state index contributed by atoms with van der Waals surface area (Å²) in [7, 11) is -2.56. The van der Waals surface area contributed by atoms with Crippen LogP contribution < -0.4 is 14.4 Å². The van der Waals surface area contributed by atoms with E-state index in [1.807, 2.05) is 30.3 Å². The summed E-state index contributed by atoms with van der Waals surface area (Å²) in [6.07, 6.45) is -4.31. The smallest absolute Gasteiger partial charge is 0.416 e. The van der Waals surface area contributed by atoms with E-state index in [4.69, 9.17) is 4.74 Å². The molecule has 11 heteroatoms. The first-order valence-corrected chi connectivity index (χ1v) is 13.9. The molecule has 1 N–H and O–H groups in total. The lowest BCUT2D eigenvalue weighted by atomic mass is 10.1. The fourth-order valence-corrected chi connectivity index (χ4v) is 5.86. The number of anilines is 1. The van der Waals surface area contributed by atoms with Gasteiger partial charge in [-0.1, -0.05) is 36.4 Å². The molecule has 208 valence electrons. The van der Waals surface area contributed by atoms with Crippen LogP contribution in [0.15, 0.2) is 77.7 Å². The van der Waals surface area contributed by atoms with Crippen LogP contribution in [-0.4, -0.2) is 58.6 Å².